The minimum atomic E-state index is -0.925. The maximum Gasteiger partial charge on any atom is 0.310 e. The highest BCUT2D eigenvalue weighted by Crippen LogP contribution is 2.36. The molecule has 0 aliphatic carbocycles. The molecule has 1 heterocycles. The van der Waals surface area contributed by atoms with E-state index in [0.29, 0.717) is 33.8 Å². The first-order valence-electron chi connectivity index (χ1n) is 11.1. The Hall–Kier alpha value is -4.46. The number of carbonyl (C=O) groups excluding carboxylic acids is 1. The number of amides is 1. The van der Waals surface area contributed by atoms with E-state index in [1.165, 1.54) is 5.01 Å². The molecule has 8 nitrogen and oxygen atoms in total. The Balaban J connectivity index is 1.60. The van der Waals surface area contributed by atoms with Crippen LogP contribution in [0.1, 0.15) is 36.5 Å². The number of phenols is 1. The first kappa shape index (κ1) is 23.7. The molecule has 0 aromatic heterocycles. The van der Waals surface area contributed by atoms with Crippen LogP contribution in [0, 0.1) is 13.8 Å². The smallest absolute Gasteiger partial charge is 0.310 e. The number of para-hydroxylation sites is 1. The van der Waals surface area contributed by atoms with Gasteiger partial charge in [-0.1, -0.05) is 42.5 Å². The Kier molecular flexibility index (Phi) is 6.38. The molecule has 3 aromatic carbocycles. The molecule has 0 bridgehead atoms. The summed E-state index contributed by atoms with van der Waals surface area (Å²) in [6.45, 7) is 7.28. The molecule has 178 valence electrons. The van der Waals surface area contributed by atoms with E-state index in [4.69, 9.17) is 0 Å². The molecule has 8 heteroatoms. The summed E-state index contributed by atoms with van der Waals surface area (Å²) in [6.07, 6.45) is 0. The Morgan fingerprint density at radius 2 is 1.77 bits per heavy atom. The van der Waals surface area contributed by atoms with Crippen molar-refractivity contribution in [2.45, 2.75) is 33.6 Å². The van der Waals surface area contributed by atoms with Crippen molar-refractivity contribution in [3.05, 3.63) is 77.4 Å². The van der Waals surface area contributed by atoms with Crippen LogP contribution in [0.3, 0.4) is 0 Å². The largest absolute Gasteiger partial charge is 0.505 e. The van der Waals surface area contributed by atoms with Crippen LogP contribution >= 0.6 is 0 Å². The predicted octanol–water partition coefficient (Wildman–Crippen LogP) is 5.05. The molecule has 1 aliphatic rings. The number of nitrogens with one attached hydrogen (secondary N) is 1. The molecule has 0 fully saturated rings. The van der Waals surface area contributed by atoms with E-state index in [1.807, 2.05) is 32.0 Å². The summed E-state index contributed by atoms with van der Waals surface area (Å²) >= 11 is 0. The third-order valence-electron chi connectivity index (χ3n) is 6.11. The van der Waals surface area contributed by atoms with Gasteiger partial charge in [0.25, 0.3) is 0 Å². The number of aryl methyl sites for hydroxylation is 2. The number of carboxylic acid groups (broad SMARTS) is 1. The number of anilines is 2. The third-order valence-corrected chi connectivity index (χ3v) is 6.11. The third kappa shape index (κ3) is 4.63. The average molecular weight is 471 g/mol. The first-order chi connectivity index (χ1) is 16.7. The van der Waals surface area contributed by atoms with E-state index in [0.717, 1.165) is 11.1 Å². The molecule has 0 spiro atoms. The van der Waals surface area contributed by atoms with Gasteiger partial charge in [-0.3, -0.25) is 15.0 Å². The quantitative estimate of drug-likeness (QED) is 0.344. The maximum atomic E-state index is 13.0. The normalized spacial score (nSPS) is 15.3. The van der Waals surface area contributed by atoms with Crippen LogP contribution < -0.4 is 10.4 Å². The van der Waals surface area contributed by atoms with E-state index < -0.39 is 11.9 Å². The Labute approximate surface area is 203 Å². The first-order valence-corrected chi connectivity index (χ1v) is 11.1. The van der Waals surface area contributed by atoms with E-state index >= 15 is 0 Å². The summed E-state index contributed by atoms with van der Waals surface area (Å²) in [7, 11) is 0. The maximum absolute atomic E-state index is 13.0. The van der Waals surface area contributed by atoms with E-state index in [1.54, 1.807) is 56.3 Å². The summed E-state index contributed by atoms with van der Waals surface area (Å²) in [5.74, 6) is -2.04. The van der Waals surface area contributed by atoms with Gasteiger partial charge in [0, 0.05) is 5.56 Å². The zero-order valence-electron chi connectivity index (χ0n) is 19.9. The molecule has 0 radical (unpaired) electrons. The van der Waals surface area contributed by atoms with Crippen LogP contribution in [0.2, 0.25) is 0 Å². The summed E-state index contributed by atoms with van der Waals surface area (Å²) in [5.41, 5.74) is 8.32. The van der Waals surface area contributed by atoms with Gasteiger partial charge in [0.05, 0.1) is 23.0 Å². The number of phenolic OH excluding ortho intramolecular Hbond substituents is 1. The second-order valence-corrected chi connectivity index (χ2v) is 8.53. The number of hydrazone groups is 2. The van der Waals surface area contributed by atoms with Crippen molar-refractivity contribution in [2.24, 2.45) is 10.2 Å². The van der Waals surface area contributed by atoms with Crippen molar-refractivity contribution in [1.82, 2.24) is 0 Å². The lowest BCUT2D eigenvalue weighted by molar-refractivity contribution is -0.138. The zero-order chi connectivity index (χ0) is 25.3. The van der Waals surface area contributed by atoms with Gasteiger partial charge >= 0.3 is 11.9 Å². The van der Waals surface area contributed by atoms with Gasteiger partial charge in [-0.25, -0.2) is 0 Å². The average Bonchev–Trinajstić information content (AvgIpc) is 3.12. The molecule has 3 N–H and O–H groups in total. The van der Waals surface area contributed by atoms with Gasteiger partial charge in [-0.15, -0.1) is 0 Å². The molecule has 1 atom stereocenters. The molecule has 0 saturated carbocycles. The van der Waals surface area contributed by atoms with E-state index in [2.05, 4.69) is 15.6 Å². The summed E-state index contributed by atoms with van der Waals surface area (Å²) in [5, 5.41) is 30.1. The molecule has 0 saturated heterocycles. The lowest BCUT2D eigenvalue weighted by atomic mass is 9.96. The van der Waals surface area contributed by atoms with Crippen molar-refractivity contribution in [1.29, 1.82) is 0 Å². The van der Waals surface area contributed by atoms with Crippen LogP contribution in [0.25, 0.3) is 11.1 Å². The van der Waals surface area contributed by atoms with Gasteiger partial charge in [-0.2, -0.15) is 15.2 Å². The van der Waals surface area contributed by atoms with E-state index in [9.17, 15) is 19.8 Å². The number of nitrogens with zero attached hydrogens (tertiary/aromatic N) is 3. The van der Waals surface area contributed by atoms with Gasteiger partial charge < -0.3 is 10.2 Å². The minimum Gasteiger partial charge on any atom is -0.505 e. The molecular weight excluding hydrogens is 444 g/mol. The standard InChI is InChI=1S/C27H26N4O4/c1-15-11-12-21(13-16(15)2)31-26(33)24(18(4)30-31)29-28-23-10-6-9-22(25(23)32)20-8-5-7-19(14-20)17(3)27(34)35/h5-14,17,28,32H,1-4H3,(H,34,35). The second-order valence-electron chi connectivity index (χ2n) is 8.53. The SMILES string of the molecule is CC1=NN(c2ccc(C)c(C)c2)C(=O)C1=NNc1cccc(-c2cccc(C(C)C(=O)O)c2)c1O. The monoisotopic (exact) mass is 470 g/mol. The number of rotatable bonds is 6. The number of hydrogen-bond acceptors (Lipinski definition) is 6. The highest BCUT2D eigenvalue weighted by molar-refractivity contribution is 6.71. The van der Waals surface area contributed by atoms with Gasteiger partial charge in [0.2, 0.25) is 0 Å². The predicted molar refractivity (Wildman–Crippen MR) is 137 cm³/mol. The Morgan fingerprint density at radius 1 is 1.03 bits per heavy atom. The van der Waals surface area contributed by atoms with Crippen molar-refractivity contribution in [2.75, 3.05) is 10.4 Å². The summed E-state index contributed by atoms with van der Waals surface area (Å²) in [6, 6.07) is 17.8. The molecule has 1 amide bonds. The number of aromatic hydroxyl groups is 1. The van der Waals surface area contributed by atoms with Crippen LogP contribution in [0.4, 0.5) is 11.4 Å². The number of carboxylic acids is 1. The molecule has 1 aliphatic heterocycles. The second kappa shape index (κ2) is 9.42. The Bertz CT molecular complexity index is 1390. The molecule has 4 rings (SSSR count). The fourth-order valence-electron chi connectivity index (χ4n) is 3.76. The molecular formula is C27H26N4O4. The molecule has 1 unspecified atom stereocenters. The van der Waals surface area contributed by atoms with Gasteiger partial charge in [-0.05, 0) is 68.1 Å². The lowest BCUT2D eigenvalue weighted by Gasteiger charge is -2.13. The van der Waals surface area contributed by atoms with Crippen molar-refractivity contribution in [3.8, 4) is 16.9 Å². The van der Waals surface area contributed by atoms with Crippen molar-refractivity contribution >= 4 is 34.7 Å². The van der Waals surface area contributed by atoms with Crippen LogP contribution in [-0.4, -0.2) is 33.5 Å². The number of carbonyl (C=O) groups is 2. The molecule has 35 heavy (non-hydrogen) atoms. The fourth-order valence-corrected chi connectivity index (χ4v) is 3.76. The molecule has 3 aromatic rings. The number of benzene rings is 3. The number of hydrogen-bond donors (Lipinski definition) is 3. The van der Waals surface area contributed by atoms with Crippen molar-refractivity contribution in [3.63, 3.8) is 0 Å². The fraction of sp³-hybridized carbons (Fsp3) is 0.185. The zero-order valence-corrected chi connectivity index (χ0v) is 19.9. The highest BCUT2D eigenvalue weighted by atomic mass is 16.4. The van der Waals surface area contributed by atoms with E-state index in [-0.39, 0.29) is 17.4 Å². The van der Waals surface area contributed by atoms with Crippen LogP contribution in [0.15, 0.2) is 70.9 Å². The van der Waals surface area contributed by atoms with Gasteiger partial charge in [0.1, 0.15) is 5.75 Å². The Morgan fingerprint density at radius 3 is 2.49 bits per heavy atom. The summed E-state index contributed by atoms with van der Waals surface area (Å²) < 4.78 is 0. The summed E-state index contributed by atoms with van der Waals surface area (Å²) in [4.78, 5) is 24.4. The number of aliphatic carboxylic acids is 1. The van der Waals surface area contributed by atoms with Crippen LogP contribution in [-0.2, 0) is 9.59 Å². The van der Waals surface area contributed by atoms with Crippen molar-refractivity contribution < 1.29 is 19.8 Å². The van der Waals surface area contributed by atoms with Gasteiger partial charge in [0.15, 0.2) is 5.71 Å². The van der Waals surface area contributed by atoms with Crippen LogP contribution in [0.5, 0.6) is 5.75 Å². The lowest BCUT2D eigenvalue weighted by Crippen LogP contribution is -2.28. The highest BCUT2D eigenvalue weighted by Gasteiger charge is 2.31. The minimum absolute atomic E-state index is 0.0666. The topological polar surface area (TPSA) is 115 Å².